The maximum Gasteiger partial charge on any atom is 0.225 e. The molecule has 6 nitrogen and oxygen atoms in total. The molecule has 4 rings (SSSR count). The summed E-state index contributed by atoms with van der Waals surface area (Å²) < 4.78 is 25.8. The van der Waals surface area contributed by atoms with E-state index in [4.69, 9.17) is 0 Å². The number of nitrogens with zero attached hydrogens (tertiary/aromatic N) is 1. The Morgan fingerprint density at radius 1 is 1.06 bits per heavy atom. The number of carbonyl (C=O) groups excluding carboxylic acids is 1. The van der Waals surface area contributed by atoms with E-state index in [2.05, 4.69) is 10.3 Å². The molecular formula is C23H20N2O4S2. The van der Waals surface area contributed by atoms with Crippen LogP contribution in [0.15, 0.2) is 71.6 Å². The molecular weight excluding hydrogens is 432 g/mol. The fourth-order valence-electron chi connectivity index (χ4n) is 3.09. The van der Waals surface area contributed by atoms with Gasteiger partial charge in [-0.15, -0.1) is 11.3 Å². The van der Waals surface area contributed by atoms with E-state index >= 15 is 0 Å². The van der Waals surface area contributed by atoms with E-state index in [-0.39, 0.29) is 22.8 Å². The van der Waals surface area contributed by atoms with Crippen molar-refractivity contribution in [2.24, 2.45) is 0 Å². The van der Waals surface area contributed by atoms with Crippen molar-refractivity contribution in [3.63, 3.8) is 0 Å². The number of hydrogen-bond donors (Lipinski definition) is 2. The number of phenolic OH excluding ortho intramolecular Hbond substituents is 1. The molecule has 31 heavy (non-hydrogen) atoms. The molecule has 1 amide bonds. The van der Waals surface area contributed by atoms with Gasteiger partial charge < -0.3 is 10.4 Å². The molecule has 1 heterocycles. The highest BCUT2D eigenvalue weighted by atomic mass is 32.2. The minimum absolute atomic E-state index is 0.0101. The van der Waals surface area contributed by atoms with Crippen molar-refractivity contribution in [2.45, 2.75) is 18.2 Å². The molecule has 2 N–H and O–H groups in total. The third-order valence-electron chi connectivity index (χ3n) is 4.78. The molecule has 0 aliphatic heterocycles. The predicted octanol–water partition coefficient (Wildman–Crippen LogP) is 4.78. The summed E-state index contributed by atoms with van der Waals surface area (Å²) in [7, 11) is -3.55. The van der Waals surface area contributed by atoms with Gasteiger partial charge in [0.15, 0.2) is 9.84 Å². The maximum atomic E-state index is 12.4. The number of fused-ring (bicyclic) bond motifs is 1. The summed E-state index contributed by atoms with van der Waals surface area (Å²) in [6, 6.07) is 19.0. The molecule has 0 saturated carbocycles. The minimum atomic E-state index is -3.55. The Morgan fingerprint density at radius 2 is 1.81 bits per heavy atom. The lowest BCUT2D eigenvalue weighted by Crippen LogP contribution is -2.17. The van der Waals surface area contributed by atoms with E-state index in [0.717, 1.165) is 15.8 Å². The summed E-state index contributed by atoms with van der Waals surface area (Å²) in [5.41, 5.74) is 2.78. The number of sulfone groups is 1. The van der Waals surface area contributed by atoms with Gasteiger partial charge in [0.05, 0.1) is 26.4 Å². The Labute approximate surface area is 184 Å². The van der Waals surface area contributed by atoms with Crippen molar-refractivity contribution in [3.8, 4) is 16.3 Å². The number of hydrogen-bond acceptors (Lipinski definition) is 6. The number of phenols is 1. The second kappa shape index (κ2) is 8.49. The van der Waals surface area contributed by atoms with Gasteiger partial charge in [-0.3, -0.25) is 4.79 Å². The third kappa shape index (κ3) is 4.76. The van der Waals surface area contributed by atoms with E-state index in [0.29, 0.717) is 16.3 Å². The standard InChI is InChI=1S/C23H20N2O4S2/c1-15-6-9-17(10-7-15)31(28,29)13-12-22(27)24-16-8-11-18(20(26)14-16)23-25-19-4-2-3-5-21(19)30-23/h2-11,14,26H,12-13H2,1H3,(H,24,27). The van der Waals surface area contributed by atoms with E-state index in [1.165, 1.54) is 17.4 Å². The number of aromatic nitrogens is 1. The van der Waals surface area contributed by atoms with Crippen LogP contribution in [0.2, 0.25) is 0 Å². The monoisotopic (exact) mass is 452 g/mol. The van der Waals surface area contributed by atoms with Crippen LogP contribution in [-0.2, 0) is 14.6 Å². The maximum absolute atomic E-state index is 12.4. The molecule has 0 bridgehead atoms. The number of benzene rings is 3. The number of carbonyl (C=O) groups is 1. The van der Waals surface area contributed by atoms with Gasteiger partial charge in [0.25, 0.3) is 0 Å². The predicted molar refractivity (Wildman–Crippen MR) is 123 cm³/mol. The van der Waals surface area contributed by atoms with Gasteiger partial charge in [-0.2, -0.15) is 0 Å². The van der Waals surface area contributed by atoms with Crippen LogP contribution in [0.1, 0.15) is 12.0 Å². The highest BCUT2D eigenvalue weighted by Crippen LogP contribution is 2.36. The molecule has 0 spiro atoms. The third-order valence-corrected chi connectivity index (χ3v) is 7.59. The van der Waals surface area contributed by atoms with Gasteiger partial charge >= 0.3 is 0 Å². The number of para-hydroxylation sites is 1. The summed E-state index contributed by atoms with van der Waals surface area (Å²) in [6.07, 6.45) is -0.184. The molecule has 0 aliphatic rings. The summed E-state index contributed by atoms with van der Waals surface area (Å²) in [4.78, 5) is 17.0. The van der Waals surface area contributed by atoms with Crippen molar-refractivity contribution in [1.82, 2.24) is 4.98 Å². The average molecular weight is 453 g/mol. The zero-order chi connectivity index (χ0) is 22.0. The zero-order valence-electron chi connectivity index (χ0n) is 16.7. The first-order valence-electron chi connectivity index (χ1n) is 9.60. The Balaban J connectivity index is 1.43. The van der Waals surface area contributed by atoms with Crippen LogP contribution in [0, 0.1) is 6.92 Å². The number of rotatable bonds is 6. The second-order valence-electron chi connectivity index (χ2n) is 7.15. The van der Waals surface area contributed by atoms with Gasteiger partial charge in [0, 0.05) is 18.2 Å². The van der Waals surface area contributed by atoms with Crippen LogP contribution >= 0.6 is 11.3 Å². The quantitative estimate of drug-likeness (QED) is 0.439. The van der Waals surface area contributed by atoms with E-state index in [1.54, 1.807) is 36.4 Å². The molecule has 158 valence electrons. The normalized spacial score (nSPS) is 11.5. The Bertz CT molecular complexity index is 1330. The Morgan fingerprint density at radius 3 is 2.52 bits per heavy atom. The van der Waals surface area contributed by atoms with Gasteiger partial charge in [0.1, 0.15) is 10.8 Å². The number of thiazole rings is 1. The SMILES string of the molecule is Cc1ccc(S(=O)(=O)CCC(=O)Nc2ccc(-c3nc4ccccc4s3)c(O)c2)cc1. The first-order valence-corrected chi connectivity index (χ1v) is 12.1. The van der Waals surface area contributed by atoms with Crippen LogP contribution in [0.4, 0.5) is 5.69 Å². The van der Waals surface area contributed by atoms with Crippen LogP contribution in [0.3, 0.4) is 0 Å². The highest BCUT2D eigenvalue weighted by Gasteiger charge is 2.17. The van der Waals surface area contributed by atoms with Crippen LogP contribution in [0.5, 0.6) is 5.75 Å². The molecule has 3 aromatic carbocycles. The minimum Gasteiger partial charge on any atom is -0.507 e. The van der Waals surface area contributed by atoms with Gasteiger partial charge in [-0.25, -0.2) is 13.4 Å². The molecule has 0 fully saturated rings. The molecule has 1 aromatic heterocycles. The van der Waals surface area contributed by atoms with Crippen LogP contribution in [0.25, 0.3) is 20.8 Å². The van der Waals surface area contributed by atoms with Crippen molar-refractivity contribution in [2.75, 3.05) is 11.1 Å². The molecule has 0 aliphatic carbocycles. The fraction of sp³-hybridized carbons (Fsp3) is 0.130. The number of nitrogens with one attached hydrogen (secondary N) is 1. The van der Waals surface area contributed by atoms with Gasteiger partial charge in [-0.1, -0.05) is 29.8 Å². The van der Waals surface area contributed by atoms with E-state index in [9.17, 15) is 18.3 Å². The number of amides is 1. The zero-order valence-corrected chi connectivity index (χ0v) is 18.3. The first-order chi connectivity index (χ1) is 14.8. The van der Waals surface area contributed by atoms with Crippen molar-refractivity contribution in [1.29, 1.82) is 0 Å². The van der Waals surface area contributed by atoms with Gasteiger partial charge in [0.2, 0.25) is 5.91 Å². The Kier molecular flexibility index (Phi) is 5.75. The molecule has 0 unspecified atom stereocenters. The van der Waals surface area contributed by atoms with E-state index < -0.39 is 15.7 Å². The summed E-state index contributed by atoms with van der Waals surface area (Å²) in [6.45, 7) is 1.88. The van der Waals surface area contributed by atoms with E-state index in [1.807, 2.05) is 31.2 Å². The second-order valence-corrected chi connectivity index (χ2v) is 10.3. The highest BCUT2D eigenvalue weighted by molar-refractivity contribution is 7.91. The first kappa shape index (κ1) is 21.0. The average Bonchev–Trinajstić information content (AvgIpc) is 3.17. The molecule has 0 radical (unpaired) electrons. The lowest BCUT2D eigenvalue weighted by Gasteiger charge is -2.08. The lowest BCUT2D eigenvalue weighted by atomic mass is 10.2. The molecule has 4 aromatic rings. The largest absolute Gasteiger partial charge is 0.507 e. The topological polar surface area (TPSA) is 96.4 Å². The number of aryl methyl sites for hydroxylation is 1. The summed E-state index contributed by atoms with van der Waals surface area (Å²) in [5.74, 6) is -0.746. The smallest absolute Gasteiger partial charge is 0.225 e. The fourth-order valence-corrected chi connectivity index (χ4v) is 5.33. The van der Waals surface area contributed by atoms with Gasteiger partial charge in [-0.05, 0) is 43.3 Å². The lowest BCUT2D eigenvalue weighted by molar-refractivity contribution is -0.115. The molecule has 8 heteroatoms. The Hall–Kier alpha value is -3.23. The number of anilines is 1. The van der Waals surface area contributed by atoms with Crippen LogP contribution in [-0.4, -0.2) is 30.2 Å². The molecule has 0 atom stereocenters. The summed E-state index contributed by atoms with van der Waals surface area (Å²) in [5, 5.41) is 13.8. The van der Waals surface area contributed by atoms with Crippen molar-refractivity contribution < 1.29 is 18.3 Å². The van der Waals surface area contributed by atoms with Crippen molar-refractivity contribution in [3.05, 3.63) is 72.3 Å². The summed E-state index contributed by atoms with van der Waals surface area (Å²) >= 11 is 1.47. The molecule has 0 saturated heterocycles. The number of aromatic hydroxyl groups is 1. The van der Waals surface area contributed by atoms with Crippen molar-refractivity contribution >= 4 is 43.0 Å². The van der Waals surface area contributed by atoms with Crippen LogP contribution < -0.4 is 5.32 Å².